The molecule has 0 aromatic rings. The highest BCUT2D eigenvalue weighted by molar-refractivity contribution is 5.72. The number of unbranched alkanes of at least 4 members (excludes halogenated alkanes) is 23. The van der Waals surface area contributed by atoms with Gasteiger partial charge in [-0.3, -0.25) is 9.59 Å². The third-order valence-corrected chi connectivity index (χ3v) is 11.4. The standard InChI is InChI=1S/C48H96N2O4/c1-5-9-13-17-19-27-37-45(35-25-15-11-7-3)47(51)53-43-33-23-21-30-40-50(42-32-29-39-49)41-31-22-24-34-44-54-48(52)46(36-26-16-12-8-4)38-28-20-18-14-10-6-2/h45-46H,5-44,49H2,1-4H3. The summed E-state index contributed by atoms with van der Waals surface area (Å²) in [4.78, 5) is 28.6. The minimum absolute atomic E-state index is 0.0646. The van der Waals surface area contributed by atoms with Gasteiger partial charge in [0.25, 0.3) is 0 Å². The van der Waals surface area contributed by atoms with E-state index < -0.39 is 0 Å². The lowest BCUT2D eigenvalue weighted by atomic mass is 9.94. The van der Waals surface area contributed by atoms with Crippen molar-refractivity contribution < 1.29 is 19.1 Å². The van der Waals surface area contributed by atoms with Crippen LogP contribution < -0.4 is 5.73 Å². The Labute approximate surface area is 338 Å². The van der Waals surface area contributed by atoms with E-state index in [9.17, 15) is 9.59 Å². The molecule has 0 aliphatic heterocycles. The average molecular weight is 765 g/mol. The van der Waals surface area contributed by atoms with E-state index in [0.717, 1.165) is 110 Å². The summed E-state index contributed by atoms with van der Waals surface area (Å²) >= 11 is 0. The number of rotatable bonds is 44. The van der Waals surface area contributed by atoms with E-state index in [1.54, 1.807) is 0 Å². The van der Waals surface area contributed by atoms with Crippen LogP contribution in [0.4, 0.5) is 0 Å². The monoisotopic (exact) mass is 765 g/mol. The Balaban J connectivity index is 4.36. The number of carbonyl (C=O) groups excluding carboxylic acids is 2. The van der Waals surface area contributed by atoms with Crippen LogP contribution in [0.25, 0.3) is 0 Å². The third kappa shape index (κ3) is 35.3. The van der Waals surface area contributed by atoms with Gasteiger partial charge in [0, 0.05) is 0 Å². The Morgan fingerprint density at radius 1 is 0.389 bits per heavy atom. The number of carbonyl (C=O) groups is 2. The van der Waals surface area contributed by atoms with Crippen molar-refractivity contribution in [3.05, 3.63) is 0 Å². The molecule has 0 aliphatic carbocycles. The van der Waals surface area contributed by atoms with Crippen LogP contribution in [0.5, 0.6) is 0 Å². The van der Waals surface area contributed by atoms with Crippen LogP contribution in [0.15, 0.2) is 0 Å². The van der Waals surface area contributed by atoms with Crippen LogP contribution >= 0.6 is 0 Å². The molecule has 0 fully saturated rings. The van der Waals surface area contributed by atoms with E-state index in [-0.39, 0.29) is 23.8 Å². The molecule has 322 valence electrons. The van der Waals surface area contributed by atoms with Gasteiger partial charge < -0.3 is 20.1 Å². The smallest absolute Gasteiger partial charge is 0.308 e. The molecule has 0 radical (unpaired) electrons. The van der Waals surface area contributed by atoms with Crippen molar-refractivity contribution in [2.75, 3.05) is 39.4 Å². The Kier molecular flexibility index (Phi) is 42.1. The molecule has 0 saturated heterocycles. The van der Waals surface area contributed by atoms with E-state index in [2.05, 4.69) is 32.6 Å². The average Bonchev–Trinajstić information content (AvgIpc) is 3.17. The van der Waals surface area contributed by atoms with E-state index in [0.29, 0.717) is 13.2 Å². The third-order valence-electron chi connectivity index (χ3n) is 11.4. The van der Waals surface area contributed by atoms with Crippen LogP contribution in [0.3, 0.4) is 0 Å². The minimum Gasteiger partial charge on any atom is -0.465 e. The molecule has 0 saturated carbocycles. The zero-order chi connectivity index (χ0) is 39.6. The molecule has 54 heavy (non-hydrogen) atoms. The first-order valence-corrected chi connectivity index (χ1v) is 24.3. The van der Waals surface area contributed by atoms with Gasteiger partial charge in [-0.05, 0) is 90.4 Å². The van der Waals surface area contributed by atoms with Gasteiger partial charge in [-0.25, -0.2) is 0 Å². The molecule has 0 rings (SSSR count). The summed E-state index contributed by atoms with van der Waals surface area (Å²) in [6.45, 7) is 14.3. The SMILES string of the molecule is CCCCCCCCC(CCCCCC)C(=O)OCCCCCCN(CCCCN)CCCCCCOC(=O)C(CCCCCC)CCCCCCCC. The van der Waals surface area contributed by atoms with Crippen LogP contribution in [0, 0.1) is 11.8 Å². The van der Waals surface area contributed by atoms with Crippen LogP contribution in [-0.2, 0) is 19.1 Å². The van der Waals surface area contributed by atoms with Crippen LogP contribution in [0.1, 0.15) is 246 Å². The molecule has 0 spiro atoms. The summed E-state index contributed by atoms with van der Waals surface area (Å²) in [5.74, 6) is 0.328. The van der Waals surface area contributed by atoms with Gasteiger partial charge >= 0.3 is 11.9 Å². The molecular weight excluding hydrogens is 669 g/mol. The largest absolute Gasteiger partial charge is 0.465 e. The molecule has 0 amide bonds. The maximum atomic E-state index is 13.0. The van der Waals surface area contributed by atoms with Crippen molar-refractivity contribution in [3.8, 4) is 0 Å². The quantitative estimate of drug-likeness (QED) is 0.0491. The molecule has 0 aromatic carbocycles. The number of ether oxygens (including phenoxy) is 2. The predicted molar refractivity (Wildman–Crippen MR) is 234 cm³/mol. The molecule has 6 nitrogen and oxygen atoms in total. The van der Waals surface area contributed by atoms with Crippen molar-refractivity contribution in [1.29, 1.82) is 0 Å². The van der Waals surface area contributed by atoms with E-state index in [1.807, 2.05) is 0 Å². The summed E-state index contributed by atoms with van der Waals surface area (Å²) in [5.41, 5.74) is 5.80. The summed E-state index contributed by atoms with van der Waals surface area (Å²) in [6.07, 6.45) is 40.3. The summed E-state index contributed by atoms with van der Waals surface area (Å²) in [7, 11) is 0. The number of nitrogens with two attached hydrogens (primary N) is 1. The van der Waals surface area contributed by atoms with Crippen molar-refractivity contribution in [3.63, 3.8) is 0 Å². The second kappa shape index (κ2) is 43.0. The number of hydrogen-bond acceptors (Lipinski definition) is 6. The fourth-order valence-corrected chi connectivity index (χ4v) is 7.72. The lowest BCUT2D eigenvalue weighted by Gasteiger charge is -2.22. The Bertz CT molecular complexity index is 720. The topological polar surface area (TPSA) is 81.9 Å². The summed E-state index contributed by atoms with van der Waals surface area (Å²) in [5, 5.41) is 0. The van der Waals surface area contributed by atoms with Crippen molar-refractivity contribution in [2.45, 2.75) is 246 Å². The molecule has 0 heterocycles. The maximum Gasteiger partial charge on any atom is 0.308 e. The molecule has 6 heteroatoms. The zero-order valence-electron chi connectivity index (χ0n) is 37.1. The first-order chi connectivity index (χ1) is 26.5. The van der Waals surface area contributed by atoms with Gasteiger partial charge in [0.05, 0.1) is 25.0 Å². The number of hydrogen-bond donors (Lipinski definition) is 1. The fourth-order valence-electron chi connectivity index (χ4n) is 7.72. The zero-order valence-corrected chi connectivity index (χ0v) is 37.1. The minimum atomic E-state index is 0.0646. The van der Waals surface area contributed by atoms with E-state index >= 15 is 0 Å². The highest BCUT2D eigenvalue weighted by atomic mass is 16.5. The van der Waals surface area contributed by atoms with E-state index in [1.165, 1.54) is 135 Å². The van der Waals surface area contributed by atoms with Gasteiger partial charge in [-0.1, -0.05) is 182 Å². The molecule has 2 atom stereocenters. The van der Waals surface area contributed by atoms with Crippen molar-refractivity contribution >= 4 is 11.9 Å². The normalized spacial score (nSPS) is 12.7. The molecule has 0 aromatic heterocycles. The molecule has 2 N–H and O–H groups in total. The molecule has 0 aliphatic rings. The van der Waals surface area contributed by atoms with Gasteiger partial charge in [-0.15, -0.1) is 0 Å². The van der Waals surface area contributed by atoms with Crippen molar-refractivity contribution in [2.24, 2.45) is 17.6 Å². The summed E-state index contributed by atoms with van der Waals surface area (Å²) < 4.78 is 11.7. The molecular formula is C48H96N2O4. The molecule has 0 bridgehead atoms. The van der Waals surface area contributed by atoms with Crippen LogP contribution in [0.2, 0.25) is 0 Å². The fraction of sp³-hybridized carbons (Fsp3) is 0.958. The Morgan fingerprint density at radius 2 is 0.667 bits per heavy atom. The first-order valence-electron chi connectivity index (χ1n) is 24.3. The Hall–Kier alpha value is -1.14. The Morgan fingerprint density at radius 3 is 1.02 bits per heavy atom. The first kappa shape index (κ1) is 52.9. The second-order valence-corrected chi connectivity index (χ2v) is 16.7. The van der Waals surface area contributed by atoms with Gasteiger partial charge in [-0.2, -0.15) is 0 Å². The van der Waals surface area contributed by atoms with Gasteiger partial charge in [0.2, 0.25) is 0 Å². The summed E-state index contributed by atoms with van der Waals surface area (Å²) in [6, 6.07) is 0. The predicted octanol–water partition coefficient (Wildman–Crippen LogP) is 13.9. The van der Waals surface area contributed by atoms with E-state index in [4.69, 9.17) is 15.2 Å². The maximum absolute atomic E-state index is 13.0. The lowest BCUT2D eigenvalue weighted by Crippen LogP contribution is -2.27. The second-order valence-electron chi connectivity index (χ2n) is 16.7. The van der Waals surface area contributed by atoms with Crippen molar-refractivity contribution in [1.82, 2.24) is 4.90 Å². The van der Waals surface area contributed by atoms with Gasteiger partial charge in [0.1, 0.15) is 0 Å². The number of nitrogens with zero attached hydrogens (tertiary/aromatic N) is 1. The number of esters is 2. The van der Waals surface area contributed by atoms with Crippen LogP contribution in [-0.4, -0.2) is 56.2 Å². The van der Waals surface area contributed by atoms with Gasteiger partial charge in [0.15, 0.2) is 0 Å². The highest BCUT2D eigenvalue weighted by Crippen LogP contribution is 2.22. The lowest BCUT2D eigenvalue weighted by molar-refractivity contribution is -0.150. The highest BCUT2D eigenvalue weighted by Gasteiger charge is 2.20. The molecule has 2 unspecified atom stereocenters.